The number of piperidine rings is 1. The number of rotatable bonds is 2. The molecule has 5 heteroatoms. The van der Waals surface area contributed by atoms with Crippen LogP contribution in [0.4, 0.5) is 0 Å². The predicted molar refractivity (Wildman–Crippen MR) is 70.4 cm³/mol. The molecule has 96 valence electrons. The summed E-state index contributed by atoms with van der Waals surface area (Å²) >= 11 is 5.49. The van der Waals surface area contributed by atoms with E-state index in [-0.39, 0.29) is 41.3 Å². The maximum absolute atomic E-state index is 11.2. The maximum Gasteiger partial charge on any atom is 0.235 e. The van der Waals surface area contributed by atoms with Crippen LogP contribution in [0.15, 0.2) is 0 Å². The van der Waals surface area contributed by atoms with E-state index in [9.17, 15) is 4.79 Å². The van der Waals surface area contributed by atoms with Crippen molar-refractivity contribution in [2.75, 3.05) is 5.88 Å². The van der Waals surface area contributed by atoms with Crippen LogP contribution in [0.2, 0.25) is 0 Å². The third-order valence-electron chi connectivity index (χ3n) is 2.68. The minimum Gasteiger partial charge on any atom is -0.352 e. The highest BCUT2D eigenvalue weighted by molar-refractivity contribution is 6.27. The summed E-state index contributed by atoms with van der Waals surface area (Å²) in [4.78, 5) is 11.2. The first-order valence-corrected chi connectivity index (χ1v) is 5.92. The highest BCUT2D eigenvalue weighted by atomic mass is 35.5. The number of carbonyl (C=O) groups is 1. The van der Waals surface area contributed by atoms with E-state index in [1.165, 1.54) is 0 Å². The lowest BCUT2D eigenvalue weighted by Crippen LogP contribution is -2.62. The van der Waals surface area contributed by atoms with Gasteiger partial charge < -0.3 is 10.6 Å². The van der Waals surface area contributed by atoms with Crippen LogP contribution < -0.4 is 10.6 Å². The van der Waals surface area contributed by atoms with Gasteiger partial charge in [0.1, 0.15) is 5.88 Å². The fourth-order valence-electron chi connectivity index (χ4n) is 2.69. The predicted octanol–water partition coefficient (Wildman–Crippen LogP) is 2.07. The summed E-state index contributed by atoms with van der Waals surface area (Å²) in [6.45, 7) is 8.64. The van der Waals surface area contributed by atoms with Crippen LogP contribution >= 0.6 is 24.0 Å². The van der Waals surface area contributed by atoms with Gasteiger partial charge in [-0.1, -0.05) is 0 Å². The second-order valence-corrected chi connectivity index (χ2v) is 5.97. The number of hydrogen-bond donors (Lipinski definition) is 2. The standard InChI is InChI=1S/C11H21ClN2O.ClH/c1-10(2)5-8(13-9(15)7-12)6-11(3,4)14-10;/h8,14H,5-7H2,1-4H3,(H,13,15);1H. The Bertz CT molecular complexity index is 238. The van der Waals surface area contributed by atoms with Gasteiger partial charge in [-0.3, -0.25) is 4.79 Å². The van der Waals surface area contributed by atoms with Crippen molar-refractivity contribution in [1.29, 1.82) is 0 Å². The average molecular weight is 269 g/mol. The molecule has 0 aromatic rings. The van der Waals surface area contributed by atoms with Crippen LogP contribution in [0, 0.1) is 0 Å². The summed E-state index contributed by atoms with van der Waals surface area (Å²) < 4.78 is 0. The van der Waals surface area contributed by atoms with E-state index < -0.39 is 0 Å². The fraction of sp³-hybridized carbons (Fsp3) is 0.909. The number of carbonyl (C=O) groups excluding carboxylic acids is 1. The third-order valence-corrected chi connectivity index (χ3v) is 2.92. The third kappa shape index (κ3) is 4.89. The van der Waals surface area contributed by atoms with Crippen molar-refractivity contribution in [3.63, 3.8) is 0 Å². The molecule has 0 atom stereocenters. The van der Waals surface area contributed by atoms with Crippen LogP contribution in [0.3, 0.4) is 0 Å². The molecule has 1 amide bonds. The zero-order chi connectivity index (χ0) is 11.7. The Balaban J connectivity index is 0.00000225. The number of alkyl halides is 1. The van der Waals surface area contributed by atoms with Crippen LogP contribution in [0.1, 0.15) is 40.5 Å². The van der Waals surface area contributed by atoms with Gasteiger partial charge in [0.15, 0.2) is 0 Å². The highest BCUT2D eigenvalue weighted by Crippen LogP contribution is 2.28. The molecular formula is C11H22Cl2N2O. The van der Waals surface area contributed by atoms with Gasteiger partial charge in [0.2, 0.25) is 5.91 Å². The molecule has 0 aromatic heterocycles. The van der Waals surface area contributed by atoms with E-state index in [0.717, 1.165) is 12.8 Å². The smallest absolute Gasteiger partial charge is 0.235 e. The first-order chi connectivity index (χ1) is 6.74. The quantitative estimate of drug-likeness (QED) is 0.753. The van der Waals surface area contributed by atoms with Crippen LogP contribution in [-0.4, -0.2) is 28.9 Å². The van der Waals surface area contributed by atoms with Crippen LogP contribution in [0.5, 0.6) is 0 Å². The van der Waals surface area contributed by atoms with Crippen molar-refractivity contribution in [1.82, 2.24) is 10.6 Å². The van der Waals surface area contributed by atoms with Crippen molar-refractivity contribution in [3.05, 3.63) is 0 Å². The summed E-state index contributed by atoms with van der Waals surface area (Å²) in [7, 11) is 0. The van der Waals surface area contributed by atoms with E-state index in [0.29, 0.717) is 0 Å². The Morgan fingerprint density at radius 2 is 1.75 bits per heavy atom. The molecule has 0 aromatic carbocycles. The summed E-state index contributed by atoms with van der Waals surface area (Å²) in [5, 5.41) is 6.54. The van der Waals surface area contributed by atoms with Crippen LogP contribution in [-0.2, 0) is 4.79 Å². The zero-order valence-electron chi connectivity index (χ0n) is 10.4. The second-order valence-electron chi connectivity index (χ2n) is 5.70. The van der Waals surface area contributed by atoms with Gasteiger partial charge in [0.05, 0.1) is 0 Å². The van der Waals surface area contributed by atoms with E-state index in [1.807, 2.05) is 0 Å². The zero-order valence-corrected chi connectivity index (χ0v) is 12.0. The lowest BCUT2D eigenvalue weighted by Gasteiger charge is -2.46. The molecule has 16 heavy (non-hydrogen) atoms. The van der Waals surface area contributed by atoms with E-state index in [2.05, 4.69) is 38.3 Å². The van der Waals surface area contributed by atoms with Crippen molar-refractivity contribution < 1.29 is 4.79 Å². The molecule has 0 aliphatic carbocycles. The summed E-state index contributed by atoms with van der Waals surface area (Å²) in [6.07, 6.45) is 1.89. The summed E-state index contributed by atoms with van der Waals surface area (Å²) in [5.41, 5.74) is 0.123. The molecule has 1 fully saturated rings. The Hall–Kier alpha value is 0.01000. The second kappa shape index (κ2) is 5.56. The van der Waals surface area contributed by atoms with Crippen molar-refractivity contribution in [3.8, 4) is 0 Å². The molecule has 0 bridgehead atoms. The van der Waals surface area contributed by atoms with Gasteiger partial charge in [-0.2, -0.15) is 0 Å². The van der Waals surface area contributed by atoms with Crippen molar-refractivity contribution >= 4 is 29.9 Å². The molecule has 1 aliphatic heterocycles. The van der Waals surface area contributed by atoms with E-state index in [4.69, 9.17) is 11.6 Å². The van der Waals surface area contributed by atoms with Gasteiger partial charge in [-0.05, 0) is 40.5 Å². The Labute approximate surface area is 109 Å². The SMILES string of the molecule is CC1(C)CC(NC(=O)CCl)CC(C)(C)N1.Cl. The lowest BCUT2D eigenvalue weighted by molar-refractivity contribution is -0.119. The first-order valence-electron chi connectivity index (χ1n) is 5.39. The number of hydrogen-bond acceptors (Lipinski definition) is 2. The van der Waals surface area contributed by atoms with Crippen molar-refractivity contribution in [2.45, 2.75) is 57.7 Å². The van der Waals surface area contributed by atoms with Gasteiger partial charge >= 0.3 is 0 Å². The molecule has 0 radical (unpaired) electrons. The Morgan fingerprint density at radius 1 is 1.31 bits per heavy atom. The Kier molecular flexibility index (Phi) is 5.57. The van der Waals surface area contributed by atoms with Crippen LogP contribution in [0.25, 0.3) is 0 Å². The largest absolute Gasteiger partial charge is 0.352 e. The Morgan fingerprint density at radius 3 is 2.12 bits per heavy atom. The average Bonchev–Trinajstić information content (AvgIpc) is 1.97. The number of nitrogens with one attached hydrogen (secondary N) is 2. The van der Waals surface area contributed by atoms with Crippen molar-refractivity contribution in [2.24, 2.45) is 0 Å². The molecular weight excluding hydrogens is 247 g/mol. The molecule has 1 rings (SSSR count). The minimum absolute atomic E-state index is 0. The topological polar surface area (TPSA) is 41.1 Å². The monoisotopic (exact) mass is 268 g/mol. The molecule has 0 unspecified atom stereocenters. The molecule has 3 nitrogen and oxygen atoms in total. The summed E-state index contributed by atoms with van der Waals surface area (Å²) in [5.74, 6) is -0.0275. The number of halogens is 2. The van der Waals surface area contributed by atoms with E-state index in [1.54, 1.807) is 0 Å². The summed E-state index contributed by atoms with van der Waals surface area (Å²) in [6, 6.07) is 0.225. The maximum atomic E-state index is 11.2. The normalized spacial score (nSPS) is 23.3. The van der Waals surface area contributed by atoms with Gasteiger partial charge in [-0.25, -0.2) is 0 Å². The number of amides is 1. The fourth-order valence-corrected chi connectivity index (χ4v) is 2.77. The molecule has 2 N–H and O–H groups in total. The molecule has 0 spiro atoms. The van der Waals surface area contributed by atoms with Gasteiger partial charge in [0, 0.05) is 17.1 Å². The molecule has 1 heterocycles. The lowest BCUT2D eigenvalue weighted by atomic mass is 9.79. The molecule has 1 saturated heterocycles. The van der Waals surface area contributed by atoms with Gasteiger partial charge in [-0.15, -0.1) is 24.0 Å². The van der Waals surface area contributed by atoms with E-state index >= 15 is 0 Å². The minimum atomic E-state index is -0.0739. The highest BCUT2D eigenvalue weighted by Gasteiger charge is 2.37. The first kappa shape index (κ1) is 16.0. The molecule has 1 aliphatic rings. The van der Waals surface area contributed by atoms with Gasteiger partial charge in [0.25, 0.3) is 0 Å². The molecule has 0 saturated carbocycles.